The molecule has 3 aliphatic heterocycles. The monoisotopic (exact) mass is 359 g/mol. The average Bonchev–Trinajstić information content (AvgIpc) is 2.92. The van der Waals surface area contributed by atoms with Crippen molar-refractivity contribution >= 4 is 0 Å². The summed E-state index contributed by atoms with van der Waals surface area (Å²) in [7, 11) is 2.31. The maximum absolute atomic E-state index is 6.18. The Balaban J connectivity index is 1.32. The Kier molecular flexibility index (Phi) is 6.10. The lowest BCUT2D eigenvalue weighted by atomic mass is 10.1. The van der Waals surface area contributed by atoms with Crippen LogP contribution in [0.3, 0.4) is 0 Å². The Bertz CT molecular complexity index is 576. The molecule has 5 nitrogen and oxygen atoms in total. The molecule has 144 valence electrons. The van der Waals surface area contributed by atoms with E-state index in [-0.39, 0.29) is 0 Å². The lowest BCUT2D eigenvalue weighted by molar-refractivity contribution is 0.0321. The summed E-state index contributed by atoms with van der Waals surface area (Å²) in [6, 6.07) is 10.1. The summed E-state index contributed by atoms with van der Waals surface area (Å²) in [5, 5.41) is 0. The highest BCUT2D eigenvalue weighted by atomic mass is 16.5. The van der Waals surface area contributed by atoms with Gasteiger partial charge in [-0.2, -0.15) is 0 Å². The van der Waals surface area contributed by atoms with Gasteiger partial charge in [-0.15, -0.1) is 0 Å². The topological polar surface area (TPSA) is 28.2 Å². The van der Waals surface area contributed by atoms with E-state index in [2.05, 4.69) is 46.0 Å². The molecule has 0 aliphatic carbocycles. The van der Waals surface area contributed by atoms with Gasteiger partial charge in [-0.05, 0) is 32.4 Å². The Morgan fingerprint density at radius 1 is 1.00 bits per heavy atom. The van der Waals surface area contributed by atoms with Crippen LogP contribution in [0.2, 0.25) is 0 Å². The number of morpholine rings is 1. The van der Waals surface area contributed by atoms with Gasteiger partial charge in [0.25, 0.3) is 0 Å². The van der Waals surface area contributed by atoms with Crippen LogP contribution in [0.15, 0.2) is 24.3 Å². The van der Waals surface area contributed by atoms with E-state index in [1.807, 2.05) is 0 Å². The molecule has 1 aromatic rings. The number of benzene rings is 1. The van der Waals surface area contributed by atoms with E-state index in [1.165, 1.54) is 37.9 Å². The number of likely N-dealkylation sites (N-methyl/N-ethyl adjacent to an activating group) is 1. The molecule has 3 aliphatic rings. The Morgan fingerprint density at radius 2 is 1.81 bits per heavy atom. The molecule has 2 bridgehead atoms. The molecule has 0 N–H and O–H groups in total. The van der Waals surface area contributed by atoms with Crippen molar-refractivity contribution in [2.24, 2.45) is 0 Å². The summed E-state index contributed by atoms with van der Waals surface area (Å²) in [5.41, 5.74) is 1.33. The normalized spacial score (nSPS) is 28.2. The Morgan fingerprint density at radius 3 is 2.69 bits per heavy atom. The minimum absolute atomic E-state index is 0.733. The van der Waals surface area contributed by atoms with Gasteiger partial charge in [-0.1, -0.05) is 18.2 Å². The summed E-state index contributed by atoms with van der Waals surface area (Å²) in [6.45, 7) is 8.88. The van der Waals surface area contributed by atoms with E-state index >= 15 is 0 Å². The van der Waals surface area contributed by atoms with Crippen LogP contribution in [0.1, 0.15) is 24.8 Å². The minimum atomic E-state index is 0.733. The maximum atomic E-state index is 6.18. The number of rotatable bonds is 6. The van der Waals surface area contributed by atoms with Crippen molar-refractivity contribution in [2.45, 2.75) is 37.9 Å². The second-order valence-electron chi connectivity index (χ2n) is 7.98. The third kappa shape index (κ3) is 4.39. The van der Waals surface area contributed by atoms with Gasteiger partial charge in [0.05, 0.1) is 13.2 Å². The SMILES string of the molecule is CN1[C@H]2CC[C@@H]1CN(Cc1ccccc1OCCN1CCOCC1)CC2. The molecule has 5 heteroatoms. The van der Waals surface area contributed by atoms with Gasteiger partial charge in [0.15, 0.2) is 0 Å². The lowest BCUT2D eigenvalue weighted by Gasteiger charge is -2.27. The first-order valence-corrected chi connectivity index (χ1v) is 10.2. The zero-order chi connectivity index (χ0) is 17.8. The molecule has 3 saturated heterocycles. The number of likely N-dealkylation sites (tertiary alicyclic amines) is 1. The highest BCUT2D eigenvalue weighted by Crippen LogP contribution is 2.30. The third-order valence-electron chi connectivity index (χ3n) is 6.37. The quantitative estimate of drug-likeness (QED) is 0.775. The fourth-order valence-corrected chi connectivity index (χ4v) is 4.65. The summed E-state index contributed by atoms with van der Waals surface area (Å²) in [4.78, 5) is 7.67. The van der Waals surface area contributed by atoms with Crippen LogP contribution in [0, 0.1) is 0 Å². The molecule has 0 radical (unpaired) electrons. The summed E-state index contributed by atoms with van der Waals surface area (Å²) < 4.78 is 11.6. The third-order valence-corrected chi connectivity index (χ3v) is 6.37. The van der Waals surface area contributed by atoms with Gasteiger partial charge in [-0.3, -0.25) is 14.7 Å². The summed E-state index contributed by atoms with van der Waals surface area (Å²) in [5.74, 6) is 1.06. The first kappa shape index (κ1) is 18.2. The number of fused-ring (bicyclic) bond motifs is 2. The minimum Gasteiger partial charge on any atom is -0.492 e. The molecule has 2 atom stereocenters. The number of para-hydroxylation sites is 1. The van der Waals surface area contributed by atoms with E-state index in [9.17, 15) is 0 Å². The van der Waals surface area contributed by atoms with Crippen molar-refractivity contribution in [2.75, 3.05) is 59.6 Å². The average molecular weight is 360 g/mol. The van der Waals surface area contributed by atoms with Crippen molar-refractivity contribution in [1.29, 1.82) is 0 Å². The van der Waals surface area contributed by atoms with E-state index in [1.54, 1.807) is 0 Å². The largest absolute Gasteiger partial charge is 0.492 e. The molecule has 0 aromatic heterocycles. The standard InChI is InChI=1S/C21H33N3O2/c1-22-19-6-7-20(22)17-24(9-8-19)16-18-4-2-3-5-21(18)26-15-12-23-10-13-25-14-11-23/h2-5,19-20H,6-17H2,1H3/t19-,20+/m0/s1. The van der Waals surface area contributed by atoms with Gasteiger partial charge in [0.2, 0.25) is 0 Å². The summed E-state index contributed by atoms with van der Waals surface area (Å²) in [6.07, 6.45) is 4.04. The number of hydrogen-bond acceptors (Lipinski definition) is 5. The molecule has 0 amide bonds. The molecule has 3 heterocycles. The first-order chi connectivity index (χ1) is 12.8. The zero-order valence-electron chi connectivity index (χ0n) is 16.1. The van der Waals surface area contributed by atoms with Crippen LogP contribution >= 0.6 is 0 Å². The van der Waals surface area contributed by atoms with Crippen molar-refractivity contribution in [3.63, 3.8) is 0 Å². The molecule has 0 unspecified atom stereocenters. The number of hydrogen-bond donors (Lipinski definition) is 0. The van der Waals surface area contributed by atoms with Crippen LogP contribution in [-0.2, 0) is 11.3 Å². The number of nitrogens with zero attached hydrogens (tertiary/aromatic N) is 3. The van der Waals surface area contributed by atoms with Crippen LogP contribution in [0.25, 0.3) is 0 Å². The predicted octanol–water partition coefficient (Wildman–Crippen LogP) is 2.07. The van der Waals surface area contributed by atoms with Crippen molar-refractivity contribution < 1.29 is 9.47 Å². The van der Waals surface area contributed by atoms with E-state index in [4.69, 9.17) is 9.47 Å². The zero-order valence-corrected chi connectivity index (χ0v) is 16.1. The molecule has 3 fully saturated rings. The maximum Gasteiger partial charge on any atom is 0.123 e. The predicted molar refractivity (Wildman–Crippen MR) is 104 cm³/mol. The molecular formula is C21H33N3O2. The van der Waals surface area contributed by atoms with Crippen molar-refractivity contribution in [1.82, 2.24) is 14.7 Å². The van der Waals surface area contributed by atoms with Crippen molar-refractivity contribution in [3.05, 3.63) is 29.8 Å². The second-order valence-corrected chi connectivity index (χ2v) is 7.98. The molecule has 4 rings (SSSR count). The van der Waals surface area contributed by atoms with Gasteiger partial charge in [-0.25, -0.2) is 0 Å². The van der Waals surface area contributed by atoms with E-state index < -0.39 is 0 Å². The van der Waals surface area contributed by atoms with E-state index in [0.29, 0.717) is 0 Å². The lowest BCUT2D eigenvalue weighted by Crippen LogP contribution is -2.38. The van der Waals surface area contributed by atoms with Gasteiger partial charge < -0.3 is 9.47 Å². The van der Waals surface area contributed by atoms with Crippen LogP contribution < -0.4 is 4.74 Å². The Labute approximate surface area is 157 Å². The van der Waals surface area contributed by atoms with Crippen molar-refractivity contribution in [3.8, 4) is 5.75 Å². The number of ether oxygens (including phenoxy) is 2. The van der Waals surface area contributed by atoms with Crippen LogP contribution in [-0.4, -0.2) is 86.4 Å². The molecule has 26 heavy (non-hydrogen) atoms. The molecule has 1 aromatic carbocycles. The highest BCUT2D eigenvalue weighted by Gasteiger charge is 2.34. The Hall–Kier alpha value is -1.14. The summed E-state index contributed by atoms with van der Waals surface area (Å²) >= 11 is 0. The molecular weight excluding hydrogens is 326 g/mol. The van der Waals surface area contributed by atoms with E-state index in [0.717, 1.165) is 63.8 Å². The smallest absolute Gasteiger partial charge is 0.123 e. The molecule has 0 spiro atoms. The van der Waals surface area contributed by atoms with Gasteiger partial charge in [0.1, 0.15) is 12.4 Å². The highest BCUT2D eigenvalue weighted by molar-refractivity contribution is 5.33. The fraction of sp³-hybridized carbons (Fsp3) is 0.714. The van der Waals surface area contributed by atoms with Gasteiger partial charge in [0, 0.05) is 56.9 Å². The first-order valence-electron chi connectivity index (χ1n) is 10.2. The fourth-order valence-electron chi connectivity index (χ4n) is 4.65. The molecule has 0 saturated carbocycles. The van der Waals surface area contributed by atoms with Gasteiger partial charge >= 0.3 is 0 Å². The second kappa shape index (κ2) is 8.70. The van der Waals surface area contributed by atoms with Crippen LogP contribution in [0.5, 0.6) is 5.75 Å². The van der Waals surface area contributed by atoms with Crippen LogP contribution in [0.4, 0.5) is 0 Å².